The Morgan fingerprint density at radius 3 is 2.64 bits per heavy atom. The van der Waals surface area contributed by atoms with E-state index in [0.717, 1.165) is 24.5 Å². The number of anilines is 1. The molecule has 114 valence electrons. The highest BCUT2D eigenvalue weighted by Crippen LogP contribution is 2.18. The van der Waals surface area contributed by atoms with Crippen LogP contribution in [0.15, 0.2) is 42.6 Å². The third-order valence-corrected chi connectivity index (χ3v) is 4.05. The maximum Gasteiger partial charge on any atom is 0.251 e. The Morgan fingerprint density at radius 2 is 1.91 bits per heavy atom. The smallest absolute Gasteiger partial charge is 0.251 e. The number of amides is 1. The number of hydrogen-bond donors (Lipinski definition) is 1. The molecule has 2 heterocycles. The van der Waals surface area contributed by atoms with Crippen molar-refractivity contribution < 1.29 is 4.79 Å². The van der Waals surface area contributed by atoms with Gasteiger partial charge in [-0.15, -0.1) is 0 Å². The molecule has 1 aliphatic heterocycles. The second-order valence-electron chi connectivity index (χ2n) is 5.41. The maximum absolute atomic E-state index is 12.1. The molecule has 0 saturated carbocycles. The van der Waals surface area contributed by atoms with Crippen LogP contribution in [0.1, 0.15) is 28.8 Å². The Bertz CT molecular complexity index is 651. The predicted octanol–water partition coefficient (Wildman–Crippen LogP) is 3.27. The molecule has 1 aliphatic rings. The Hall–Kier alpha value is -2.07. The molecule has 1 N–H and O–H groups in total. The summed E-state index contributed by atoms with van der Waals surface area (Å²) in [7, 11) is 0. The Labute approximate surface area is 135 Å². The molecule has 5 heteroatoms. The number of nitrogens with zero attached hydrogens (tertiary/aromatic N) is 2. The van der Waals surface area contributed by atoms with Gasteiger partial charge in [-0.3, -0.25) is 4.79 Å². The van der Waals surface area contributed by atoms with Gasteiger partial charge in [-0.25, -0.2) is 4.98 Å². The molecule has 1 aromatic carbocycles. The molecule has 0 atom stereocenters. The van der Waals surface area contributed by atoms with Gasteiger partial charge >= 0.3 is 0 Å². The summed E-state index contributed by atoms with van der Waals surface area (Å²) >= 11 is 5.83. The fourth-order valence-electron chi connectivity index (χ4n) is 2.58. The molecular weight excluding hydrogens is 298 g/mol. The van der Waals surface area contributed by atoms with Gasteiger partial charge < -0.3 is 10.2 Å². The van der Waals surface area contributed by atoms with Gasteiger partial charge in [-0.2, -0.15) is 0 Å². The Morgan fingerprint density at radius 1 is 1.18 bits per heavy atom. The van der Waals surface area contributed by atoms with Crippen molar-refractivity contribution in [1.82, 2.24) is 10.3 Å². The summed E-state index contributed by atoms with van der Waals surface area (Å²) in [6, 6.07) is 10.9. The standard InChI is InChI=1S/C17H18ClN3O/c18-15-5-3-14(4-6-15)17(22)20-12-13-7-8-19-16(11-13)21-9-1-2-10-21/h3-8,11H,1-2,9-10,12H2,(H,20,22). The van der Waals surface area contributed by atoms with Crippen molar-refractivity contribution in [2.75, 3.05) is 18.0 Å². The number of carbonyl (C=O) groups is 1. The first-order valence-electron chi connectivity index (χ1n) is 7.46. The van der Waals surface area contributed by atoms with Gasteiger partial charge in [0, 0.05) is 36.4 Å². The van der Waals surface area contributed by atoms with Crippen molar-refractivity contribution in [1.29, 1.82) is 0 Å². The second kappa shape index (κ2) is 6.79. The molecular formula is C17H18ClN3O. The van der Waals surface area contributed by atoms with E-state index < -0.39 is 0 Å². The second-order valence-corrected chi connectivity index (χ2v) is 5.84. The SMILES string of the molecule is O=C(NCc1ccnc(N2CCCC2)c1)c1ccc(Cl)cc1. The predicted molar refractivity (Wildman–Crippen MR) is 88.3 cm³/mol. The van der Waals surface area contributed by atoms with Crippen LogP contribution in [0.25, 0.3) is 0 Å². The zero-order chi connectivity index (χ0) is 15.4. The quantitative estimate of drug-likeness (QED) is 0.942. The van der Waals surface area contributed by atoms with Crippen molar-refractivity contribution >= 4 is 23.3 Å². The minimum Gasteiger partial charge on any atom is -0.357 e. The van der Waals surface area contributed by atoms with Crippen LogP contribution in [0.4, 0.5) is 5.82 Å². The first-order valence-corrected chi connectivity index (χ1v) is 7.84. The fourth-order valence-corrected chi connectivity index (χ4v) is 2.70. The highest BCUT2D eigenvalue weighted by molar-refractivity contribution is 6.30. The van der Waals surface area contributed by atoms with E-state index in [-0.39, 0.29) is 5.91 Å². The molecule has 0 radical (unpaired) electrons. The summed E-state index contributed by atoms with van der Waals surface area (Å²) in [5, 5.41) is 3.55. The van der Waals surface area contributed by atoms with Crippen LogP contribution in [0.5, 0.6) is 0 Å². The lowest BCUT2D eigenvalue weighted by atomic mass is 10.2. The summed E-state index contributed by atoms with van der Waals surface area (Å²) in [5.41, 5.74) is 1.66. The zero-order valence-corrected chi connectivity index (χ0v) is 13.0. The third kappa shape index (κ3) is 3.57. The van der Waals surface area contributed by atoms with Gasteiger partial charge in [0.25, 0.3) is 5.91 Å². The van der Waals surface area contributed by atoms with E-state index in [0.29, 0.717) is 17.1 Å². The molecule has 1 amide bonds. The lowest BCUT2D eigenvalue weighted by Gasteiger charge is -2.17. The van der Waals surface area contributed by atoms with Crippen LogP contribution < -0.4 is 10.2 Å². The van der Waals surface area contributed by atoms with Crippen molar-refractivity contribution in [3.05, 3.63) is 58.7 Å². The number of aromatic nitrogens is 1. The Kier molecular flexibility index (Phi) is 4.59. The molecule has 0 spiro atoms. The molecule has 2 aromatic rings. The topological polar surface area (TPSA) is 45.2 Å². The van der Waals surface area contributed by atoms with Crippen LogP contribution in [-0.4, -0.2) is 24.0 Å². The van der Waals surface area contributed by atoms with Crippen LogP contribution in [0, 0.1) is 0 Å². The number of nitrogens with one attached hydrogen (secondary N) is 1. The first-order chi connectivity index (χ1) is 10.7. The van der Waals surface area contributed by atoms with E-state index in [1.165, 1.54) is 12.8 Å². The van der Waals surface area contributed by atoms with Crippen LogP contribution in [-0.2, 0) is 6.54 Å². The zero-order valence-electron chi connectivity index (χ0n) is 12.3. The largest absolute Gasteiger partial charge is 0.357 e. The van der Waals surface area contributed by atoms with E-state index in [2.05, 4.69) is 15.2 Å². The molecule has 0 bridgehead atoms. The van der Waals surface area contributed by atoms with Crippen LogP contribution in [0.2, 0.25) is 5.02 Å². The van der Waals surface area contributed by atoms with Gasteiger partial charge in [0.15, 0.2) is 0 Å². The third-order valence-electron chi connectivity index (χ3n) is 3.80. The molecule has 1 fully saturated rings. The number of hydrogen-bond acceptors (Lipinski definition) is 3. The van der Waals surface area contributed by atoms with Gasteiger partial charge in [0.2, 0.25) is 0 Å². The van der Waals surface area contributed by atoms with Crippen LogP contribution >= 0.6 is 11.6 Å². The fraction of sp³-hybridized carbons (Fsp3) is 0.294. The molecule has 1 aromatic heterocycles. The summed E-state index contributed by atoms with van der Waals surface area (Å²) in [4.78, 5) is 18.8. The minimum atomic E-state index is -0.101. The van der Waals surface area contributed by atoms with Crippen molar-refractivity contribution in [2.24, 2.45) is 0 Å². The van der Waals surface area contributed by atoms with Crippen molar-refractivity contribution in [3.8, 4) is 0 Å². The number of pyridine rings is 1. The van der Waals surface area contributed by atoms with E-state index in [4.69, 9.17) is 11.6 Å². The van der Waals surface area contributed by atoms with Crippen molar-refractivity contribution in [2.45, 2.75) is 19.4 Å². The molecule has 1 saturated heterocycles. The summed E-state index contributed by atoms with van der Waals surface area (Å²) in [6.45, 7) is 2.62. The van der Waals surface area contributed by atoms with E-state index in [1.807, 2.05) is 12.1 Å². The highest BCUT2D eigenvalue weighted by Gasteiger charge is 2.13. The van der Waals surface area contributed by atoms with Crippen LogP contribution in [0.3, 0.4) is 0 Å². The number of rotatable bonds is 4. The van der Waals surface area contributed by atoms with E-state index in [1.54, 1.807) is 30.5 Å². The number of carbonyl (C=O) groups excluding carboxylic acids is 1. The van der Waals surface area contributed by atoms with Gasteiger partial charge in [-0.1, -0.05) is 11.6 Å². The maximum atomic E-state index is 12.1. The average Bonchev–Trinajstić information content (AvgIpc) is 3.08. The summed E-state index contributed by atoms with van der Waals surface area (Å²) < 4.78 is 0. The normalized spacial score (nSPS) is 14.1. The lowest BCUT2D eigenvalue weighted by molar-refractivity contribution is 0.0951. The van der Waals surface area contributed by atoms with E-state index in [9.17, 15) is 4.79 Å². The van der Waals surface area contributed by atoms with Gasteiger partial charge in [-0.05, 0) is 54.8 Å². The minimum absolute atomic E-state index is 0.101. The first kappa shape index (κ1) is 14.9. The lowest BCUT2D eigenvalue weighted by Crippen LogP contribution is -2.23. The van der Waals surface area contributed by atoms with Gasteiger partial charge in [0.1, 0.15) is 5.82 Å². The van der Waals surface area contributed by atoms with Crippen molar-refractivity contribution in [3.63, 3.8) is 0 Å². The molecule has 0 aliphatic carbocycles. The molecule has 3 rings (SSSR count). The highest BCUT2D eigenvalue weighted by atomic mass is 35.5. The van der Waals surface area contributed by atoms with E-state index >= 15 is 0 Å². The molecule has 22 heavy (non-hydrogen) atoms. The molecule has 0 unspecified atom stereocenters. The average molecular weight is 316 g/mol. The summed E-state index contributed by atoms with van der Waals surface area (Å²) in [6.07, 6.45) is 4.25. The molecule has 4 nitrogen and oxygen atoms in total. The number of halogens is 1. The number of benzene rings is 1. The summed E-state index contributed by atoms with van der Waals surface area (Å²) in [5.74, 6) is 0.895. The Balaban J connectivity index is 1.62. The monoisotopic (exact) mass is 315 g/mol. The van der Waals surface area contributed by atoms with Gasteiger partial charge in [0.05, 0.1) is 0 Å².